The lowest BCUT2D eigenvalue weighted by Crippen LogP contribution is -2.25. The number of hydrogen-bond donors (Lipinski definition) is 0. The van der Waals surface area contributed by atoms with E-state index in [4.69, 9.17) is 10.00 Å². The Labute approximate surface area is 146 Å². The van der Waals surface area contributed by atoms with Crippen molar-refractivity contribution >= 4 is 17.3 Å². The topological polar surface area (TPSA) is 53.3 Å². The van der Waals surface area contributed by atoms with E-state index in [1.54, 1.807) is 36.3 Å². The van der Waals surface area contributed by atoms with Crippen molar-refractivity contribution in [1.29, 1.82) is 5.26 Å². The molecule has 0 saturated heterocycles. The zero-order valence-corrected chi connectivity index (χ0v) is 13.7. The second kappa shape index (κ2) is 7.33. The van der Waals surface area contributed by atoms with Crippen molar-refractivity contribution in [3.8, 4) is 11.8 Å². The molecule has 0 aliphatic rings. The van der Waals surface area contributed by atoms with Crippen LogP contribution in [0.1, 0.15) is 15.9 Å². The third-order valence-electron chi connectivity index (χ3n) is 3.79. The predicted molar refractivity (Wildman–Crippen MR) is 97.1 cm³/mol. The summed E-state index contributed by atoms with van der Waals surface area (Å²) in [6.45, 7) is 0. The molecule has 0 spiro atoms. The summed E-state index contributed by atoms with van der Waals surface area (Å²) < 4.78 is 5.28. The van der Waals surface area contributed by atoms with Gasteiger partial charge in [0, 0.05) is 17.3 Å². The maximum atomic E-state index is 13.1. The van der Waals surface area contributed by atoms with Gasteiger partial charge in [-0.1, -0.05) is 24.3 Å². The van der Waals surface area contributed by atoms with E-state index >= 15 is 0 Å². The number of rotatable bonds is 4. The Morgan fingerprint density at radius 2 is 1.60 bits per heavy atom. The largest absolute Gasteiger partial charge is 0.497 e. The third-order valence-corrected chi connectivity index (χ3v) is 3.79. The Kier molecular flexibility index (Phi) is 4.77. The van der Waals surface area contributed by atoms with E-state index in [1.807, 2.05) is 54.6 Å². The molecule has 0 aliphatic heterocycles. The lowest BCUT2D eigenvalue weighted by atomic mass is 10.1. The van der Waals surface area contributed by atoms with Gasteiger partial charge in [0.1, 0.15) is 5.75 Å². The quantitative estimate of drug-likeness (QED) is 0.706. The van der Waals surface area contributed by atoms with Gasteiger partial charge in [-0.3, -0.25) is 9.69 Å². The van der Waals surface area contributed by atoms with E-state index in [9.17, 15) is 4.79 Å². The number of para-hydroxylation sites is 1. The molecule has 3 aromatic rings. The Morgan fingerprint density at radius 1 is 0.920 bits per heavy atom. The van der Waals surface area contributed by atoms with Crippen molar-refractivity contribution in [2.75, 3.05) is 12.0 Å². The Balaban J connectivity index is 2.07. The van der Waals surface area contributed by atoms with Crippen LogP contribution in [0.4, 0.5) is 11.4 Å². The van der Waals surface area contributed by atoms with Crippen LogP contribution in [0.5, 0.6) is 5.75 Å². The van der Waals surface area contributed by atoms with Gasteiger partial charge in [0.15, 0.2) is 0 Å². The summed E-state index contributed by atoms with van der Waals surface area (Å²) in [7, 11) is 1.59. The Hall–Kier alpha value is -3.58. The SMILES string of the molecule is COc1cccc(N(C(=O)c2ccc(C#N)cc2)c2ccccc2)c1. The van der Waals surface area contributed by atoms with Gasteiger partial charge in [-0.25, -0.2) is 0 Å². The average molecular weight is 328 g/mol. The Bertz CT molecular complexity index is 913. The molecule has 0 aromatic heterocycles. The van der Waals surface area contributed by atoms with Crippen LogP contribution in [0.15, 0.2) is 78.9 Å². The van der Waals surface area contributed by atoms with Crippen LogP contribution in [0.25, 0.3) is 0 Å². The van der Waals surface area contributed by atoms with Gasteiger partial charge in [0.25, 0.3) is 5.91 Å². The minimum absolute atomic E-state index is 0.177. The second-order valence-corrected chi connectivity index (χ2v) is 5.37. The standard InChI is InChI=1S/C21H16N2O2/c1-25-20-9-5-8-19(14-20)23(18-6-3-2-4-7-18)21(24)17-12-10-16(15-22)11-13-17/h2-14H,1H3. The van der Waals surface area contributed by atoms with Gasteiger partial charge in [-0.15, -0.1) is 0 Å². The number of hydrogen-bond acceptors (Lipinski definition) is 3. The predicted octanol–water partition coefficient (Wildman–Crippen LogP) is 4.55. The van der Waals surface area contributed by atoms with E-state index in [-0.39, 0.29) is 5.91 Å². The number of benzene rings is 3. The molecule has 3 rings (SSSR count). The van der Waals surface area contributed by atoms with Crippen molar-refractivity contribution in [2.24, 2.45) is 0 Å². The number of nitriles is 1. The van der Waals surface area contributed by atoms with E-state index in [2.05, 4.69) is 6.07 Å². The number of nitrogens with zero attached hydrogens (tertiary/aromatic N) is 2. The van der Waals surface area contributed by atoms with Crippen LogP contribution in [0.2, 0.25) is 0 Å². The van der Waals surface area contributed by atoms with Crippen molar-refractivity contribution in [1.82, 2.24) is 0 Å². The fourth-order valence-corrected chi connectivity index (χ4v) is 2.53. The van der Waals surface area contributed by atoms with Crippen LogP contribution < -0.4 is 9.64 Å². The molecule has 4 heteroatoms. The zero-order valence-electron chi connectivity index (χ0n) is 13.7. The molecule has 0 fully saturated rings. The summed E-state index contributed by atoms with van der Waals surface area (Å²) in [4.78, 5) is 14.8. The molecule has 3 aromatic carbocycles. The van der Waals surface area contributed by atoms with E-state index < -0.39 is 0 Å². The molecule has 0 heterocycles. The zero-order chi connectivity index (χ0) is 17.6. The summed E-state index contributed by atoms with van der Waals surface area (Å²) in [6.07, 6.45) is 0. The lowest BCUT2D eigenvalue weighted by Gasteiger charge is -2.23. The fraction of sp³-hybridized carbons (Fsp3) is 0.0476. The first-order valence-corrected chi connectivity index (χ1v) is 7.76. The van der Waals surface area contributed by atoms with Crippen LogP contribution in [0, 0.1) is 11.3 Å². The molecule has 0 N–H and O–H groups in total. The molecule has 0 unspecified atom stereocenters. The molecule has 0 bridgehead atoms. The smallest absolute Gasteiger partial charge is 0.262 e. The van der Waals surface area contributed by atoms with Crippen LogP contribution in [0.3, 0.4) is 0 Å². The van der Waals surface area contributed by atoms with Gasteiger partial charge in [-0.2, -0.15) is 5.26 Å². The number of amides is 1. The summed E-state index contributed by atoms with van der Waals surface area (Å²) in [5, 5.41) is 8.93. The molecular weight excluding hydrogens is 312 g/mol. The fourth-order valence-electron chi connectivity index (χ4n) is 2.53. The van der Waals surface area contributed by atoms with Gasteiger partial charge < -0.3 is 4.74 Å². The van der Waals surface area contributed by atoms with Gasteiger partial charge in [0.2, 0.25) is 0 Å². The highest BCUT2D eigenvalue weighted by atomic mass is 16.5. The molecule has 4 nitrogen and oxygen atoms in total. The number of methoxy groups -OCH3 is 1. The highest BCUT2D eigenvalue weighted by Gasteiger charge is 2.20. The lowest BCUT2D eigenvalue weighted by molar-refractivity contribution is 0.0999. The normalized spacial score (nSPS) is 9.92. The first-order valence-electron chi connectivity index (χ1n) is 7.76. The number of carbonyl (C=O) groups excluding carboxylic acids is 1. The molecule has 0 radical (unpaired) electrons. The molecule has 0 atom stereocenters. The van der Waals surface area contributed by atoms with E-state index in [0.717, 1.165) is 5.69 Å². The minimum Gasteiger partial charge on any atom is -0.497 e. The first kappa shape index (κ1) is 16.3. The van der Waals surface area contributed by atoms with Crippen LogP contribution in [-0.2, 0) is 0 Å². The van der Waals surface area contributed by atoms with Crippen molar-refractivity contribution < 1.29 is 9.53 Å². The van der Waals surface area contributed by atoms with Crippen molar-refractivity contribution in [2.45, 2.75) is 0 Å². The maximum absolute atomic E-state index is 13.1. The first-order chi connectivity index (χ1) is 12.2. The summed E-state index contributed by atoms with van der Waals surface area (Å²) in [5.41, 5.74) is 2.49. The second-order valence-electron chi connectivity index (χ2n) is 5.37. The molecule has 0 saturated carbocycles. The van der Waals surface area contributed by atoms with E-state index in [1.165, 1.54) is 0 Å². The third kappa shape index (κ3) is 3.51. The summed E-state index contributed by atoms with van der Waals surface area (Å²) in [5.74, 6) is 0.495. The molecule has 25 heavy (non-hydrogen) atoms. The van der Waals surface area contributed by atoms with Crippen LogP contribution >= 0.6 is 0 Å². The minimum atomic E-state index is -0.177. The summed E-state index contributed by atoms with van der Waals surface area (Å²) >= 11 is 0. The van der Waals surface area contributed by atoms with E-state index in [0.29, 0.717) is 22.6 Å². The summed E-state index contributed by atoms with van der Waals surface area (Å²) in [6, 6.07) is 25.4. The van der Waals surface area contributed by atoms with Crippen molar-refractivity contribution in [3.05, 3.63) is 90.0 Å². The number of anilines is 2. The monoisotopic (exact) mass is 328 g/mol. The molecular formula is C21H16N2O2. The van der Waals surface area contributed by atoms with Crippen molar-refractivity contribution in [3.63, 3.8) is 0 Å². The highest BCUT2D eigenvalue weighted by Crippen LogP contribution is 2.30. The Morgan fingerprint density at radius 3 is 2.24 bits per heavy atom. The molecule has 0 aliphatic carbocycles. The number of ether oxygens (including phenoxy) is 1. The van der Waals surface area contributed by atoms with Crippen LogP contribution in [-0.4, -0.2) is 13.0 Å². The number of carbonyl (C=O) groups is 1. The molecule has 1 amide bonds. The molecule has 122 valence electrons. The average Bonchev–Trinajstić information content (AvgIpc) is 2.69. The van der Waals surface area contributed by atoms with Gasteiger partial charge in [-0.05, 0) is 48.5 Å². The highest BCUT2D eigenvalue weighted by molar-refractivity contribution is 6.11. The van der Waals surface area contributed by atoms with Gasteiger partial charge in [0.05, 0.1) is 24.4 Å². The van der Waals surface area contributed by atoms with Gasteiger partial charge >= 0.3 is 0 Å². The maximum Gasteiger partial charge on any atom is 0.262 e.